The summed E-state index contributed by atoms with van der Waals surface area (Å²) in [6, 6.07) is 14.7. The van der Waals surface area contributed by atoms with Crippen LogP contribution in [0.1, 0.15) is 26.3 Å². The maximum absolute atomic E-state index is 5.75. The van der Waals surface area contributed by atoms with Crippen LogP contribution < -0.4 is 5.73 Å². The van der Waals surface area contributed by atoms with E-state index in [-0.39, 0.29) is 5.41 Å². The van der Waals surface area contributed by atoms with Gasteiger partial charge in [0.25, 0.3) is 0 Å². The van der Waals surface area contributed by atoms with Gasteiger partial charge in [0.15, 0.2) is 0 Å². The standard InChI is InChI=1S/C16H18BrNS/c1-16(2,3)11-4-7-13(8-5-11)19-15-9-6-12(18)10-14(15)17/h4-10H,18H2,1-3H3. The van der Waals surface area contributed by atoms with Crippen molar-refractivity contribution in [2.45, 2.75) is 36.0 Å². The highest BCUT2D eigenvalue weighted by Gasteiger charge is 2.13. The Balaban J connectivity index is 2.20. The molecule has 1 nitrogen and oxygen atoms in total. The molecule has 2 aromatic carbocycles. The SMILES string of the molecule is CC(C)(C)c1ccc(Sc2ccc(N)cc2Br)cc1. The highest BCUT2D eigenvalue weighted by atomic mass is 79.9. The number of halogens is 1. The van der Waals surface area contributed by atoms with Gasteiger partial charge in [0, 0.05) is 20.0 Å². The largest absolute Gasteiger partial charge is 0.399 e. The first-order chi connectivity index (χ1) is 8.86. The van der Waals surface area contributed by atoms with Gasteiger partial charge in [-0.2, -0.15) is 0 Å². The fourth-order valence-corrected chi connectivity index (χ4v) is 3.21. The van der Waals surface area contributed by atoms with Gasteiger partial charge in [-0.25, -0.2) is 0 Å². The van der Waals surface area contributed by atoms with Crippen molar-refractivity contribution in [2.24, 2.45) is 0 Å². The van der Waals surface area contributed by atoms with Gasteiger partial charge in [-0.1, -0.05) is 44.7 Å². The van der Waals surface area contributed by atoms with Gasteiger partial charge in [-0.05, 0) is 57.2 Å². The van der Waals surface area contributed by atoms with Gasteiger partial charge in [-0.15, -0.1) is 0 Å². The van der Waals surface area contributed by atoms with Crippen molar-refractivity contribution in [1.29, 1.82) is 0 Å². The van der Waals surface area contributed by atoms with E-state index < -0.39 is 0 Å². The normalized spacial score (nSPS) is 11.6. The molecular weight excluding hydrogens is 318 g/mol. The number of hydrogen-bond acceptors (Lipinski definition) is 2. The Hall–Kier alpha value is -0.930. The number of hydrogen-bond donors (Lipinski definition) is 1. The van der Waals surface area contributed by atoms with Crippen LogP contribution in [0.3, 0.4) is 0 Å². The minimum Gasteiger partial charge on any atom is -0.399 e. The van der Waals surface area contributed by atoms with Crippen LogP contribution in [0.2, 0.25) is 0 Å². The van der Waals surface area contributed by atoms with E-state index >= 15 is 0 Å². The third kappa shape index (κ3) is 3.77. The Bertz CT molecular complexity index is 570. The van der Waals surface area contributed by atoms with E-state index in [2.05, 4.69) is 61.0 Å². The Morgan fingerprint density at radius 1 is 1.00 bits per heavy atom. The molecule has 0 aromatic heterocycles. The van der Waals surface area contributed by atoms with Crippen LogP contribution in [-0.4, -0.2) is 0 Å². The molecule has 0 aliphatic rings. The lowest BCUT2D eigenvalue weighted by atomic mass is 9.87. The number of nitrogen functional groups attached to an aromatic ring is 1. The van der Waals surface area contributed by atoms with Crippen molar-refractivity contribution in [3.8, 4) is 0 Å². The average molecular weight is 336 g/mol. The van der Waals surface area contributed by atoms with E-state index in [0.29, 0.717) is 0 Å². The molecule has 0 fully saturated rings. The number of rotatable bonds is 2. The predicted octanol–water partition coefficient (Wildman–Crippen LogP) is 5.48. The van der Waals surface area contributed by atoms with Crippen LogP contribution in [0.5, 0.6) is 0 Å². The quantitative estimate of drug-likeness (QED) is 0.735. The molecule has 0 heterocycles. The Morgan fingerprint density at radius 3 is 2.16 bits per heavy atom. The minimum absolute atomic E-state index is 0.199. The molecular formula is C16H18BrNS. The maximum Gasteiger partial charge on any atom is 0.0335 e. The van der Waals surface area contributed by atoms with Crippen LogP contribution in [0.4, 0.5) is 5.69 Å². The van der Waals surface area contributed by atoms with Crippen LogP contribution in [0.25, 0.3) is 0 Å². The van der Waals surface area contributed by atoms with E-state index in [1.165, 1.54) is 15.4 Å². The molecule has 0 radical (unpaired) electrons. The minimum atomic E-state index is 0.199. The van der Waals surface area contributed by atoms with Crippen LogP contribution in [0.15, 0.2) is 56.7 Å². The van der Waals surface area contributed by atoms with E-state index in [4.69, 9.17) is 5.73 Å². The topological polar surface area (TPSA) is 26.0 Å². The molecule has 0 amide bonds. The number of anilines is 1. The Kier molecular flexibility index (Phi) is 4.26. The van der Waals surface area contributed by atoms with Crippen LogP contribution >= 0.6 is 27.7 Å². The maximum atomic E-state index is 5.75. The summed E-state index contributed by atoms with van der Waals surface area (Å²) in [6.45, 7) is 6.68. The van der Waals surface area contributed by atoms with Crippen LogP contribution in [0, 0.1) is 0 Å². The molecule has 0 atom stereocenters. The number of nitrogens with two attached hydrogens (primary N) is 1. The fraction of sp³-hybridized carbons (Fsp3) is 0.250. The predicted molar refractivity (Wildman–Crippen MR) is 87.8 cm³/mol. The van der Waals surface area contributed by atoms with E-state index in [9.17, 15) is 0 Å². The van der Waals surface area contributed by atoms with Crippen molar-refractivity contribution in [2.75, 3.05) is 5.73 Å². The second kappa shape index (κ2) is 5.59. The smallest absolute Gasteiger partial charge is 0.0335 e. The second-order valence-corrected chi connectivity index (χ2v) is 7.54. The van der Waals surface area contributed by atoms with Gasteiger partial charge < -0.3 is 5.73 Å². The summed E-state index contributed by atoms with van der Waals surface area (Å²) < 4.78 is 1.04. The first kappa shape index (κ1) is 14.5. The summed E-state index contributed by atoms with van der Waals surface area (Å²) in [6.07, 6.45) is 0. The molecule has 2 rings (SSSR count). The third-order valence-corrected chi connectivity index (χ3v) is 4.91. The first-order valence-corrected chi connectivity index (χ1v) is 7.80. The van der Waals surface area contributed by atoms with Crippen molar-refractivity contribution in [1.82, 2.24) is 0 Å². The molecule has 0 saturated heterocycles. The lowest BCUT2D eigenvalue weighted by Gasteiger charge is -2.19. The molecule has 0 aliphatic heterocycles. The monoisotopic (exact) mass is 335 g/mol. The highest BCUT2D eigenvalue weighted by Crippen LogP contribution is 2.35. The van der Waals surface area contributed by atoms with Crippen molar-refractivity contribution in [3.63, 3.8) is 0 Å². The summed E-state index contributed by atoms with van der Waals surface area (Å²) in [7, 11) is 0. The molecule has 2 aromatic rings. The summed E-state index contributed by atoms with van der Waals surface area (Å²) in [5, 5.41) is 0. The van der Waals surface area contributed by atoms with Crippen molar-refractivity contribution >= 4 is 33.4 Å². The van der Waals surface area contributed by atoms with Gasteiger partial charge in [0.05, 0.1) is 0 Å². The molecule has 0 spiro atoms. The van der Waals surface area contributed by atoms with Gasteiger partial charge >= 0.3 is 0 Å². The van der Waals surface area contributed by atoms with Gasteiger partial charge in [0.1, 0.15) is 0 Å². The number of benzene rings is 2. The second-order valence-electron chi connectivity index (χ2n) is 5.57. The summed E-state index contributed by atoms with van der Waals surface area (Å²) in [5.41, 5.74) is 8.08. The lowest BCUT2D eigenvalue weighted by molar-refractivity contribution is 0.590. The van der Waals surface area contributed by atoms with Crippen molar-refractivity contribution in [3.05, 3.63) is 52.5 Å². The zero-order valence-corrected chi connectivity index (χ0v) is 13.8. The molecule has 2 N–H and O–H groups in total. The van der Waals surface area contributed by atoms with Gasteiger partial charge in [0.2, 0.25) is 0 Å². The Morgan fingerprint density at radius 2 is 1.63 bits per heavy atom. The Labute approximate surface area is 127 Å². The zero-order chi connectivity index (χ0) is 14.0. The molecule has 3 heteroatoms. The summed E-state index contributed by atoms with van der Waals surface area (Å²) in [4.78, 5) is 2.41. The zero-order valence-electron chi connectivity index (χ0n) is 11.4. The molecule has 19 heavy (non-hydrogen) atoms. The molecule has 0 aliphatic carbocycles. The van der Waals surface area contributed by atoms with Crippen molar-refractivity contribution < 1.29 is 0 Å². The summed E-state index contributed by atoms with van der Waals surface area (Å²) in [5.74, 6) is 0. The molecule has 0 saturated carbocycles. The van der Waals surface area contributed by atoms with Gasteiger partial charge in [-0.3, -0.25) is 0 Å². The highest BCUT2D eigenvalue weighted by molar-refractivity contribution is 9.10. The molecule has 0 unspecified atom stereocenters. The van der Waals surface area contributed by atoms with E-state index in [0.717, 1.165) is 10.2 Å². The summed E-state index contributed by atoms with van der Waals surface area (Å²) >= 11 is 5.29. The molecule has 0 bridgehead atoms. The van der Waals surface area contributed by atoms with Crippen LogP contribution in [-0.2, 0) is 5.41 Å². The lowest BCUT2D eigenvalue weighted by Crippen LogP contribution is -2.10. The average Bonchev–Trinajstić information content (AvgIpc) is 2.32. The third-order valence-electron chi connectivity index (χ3n) is 2.90. The first-order valence-electron chi connectivity index (χ1n) is 6.20. The van der Waals surface area contributed by atoms with E-state index in [1.807, 2.05) is 18.2 Å². The fourth-order valence-electron chi connectivity index (χ4n) is 1.75. The van der Waals surface area contributed by atoms with E-state index in [1.54, 1.807) is 11.8 Å². The molecule has 100 valence electrons.